The van der Waals surface area contributed by atoms with Gasteiger partial charge >= 0.3 is 0 Å². The second-order valence-corrected chi connectivity index (χ2v) is 5.95. The van der Waals surface area contributed by atoms with Gasteiger partial charge in [0.05, 0.1) is 18.3 Å². The van der Waals surface area contributed by atoms with Crippen LogP contribution < -0.4 is 9.47 Å². The van der Waals surface area contributed by atoms with E-state index in [1.54, 1.807) is 0 Å². The molecule has 3 heteroatoms. The third-order valence-corrected chi connectivity index (χ3v) is 4.84. The summed E-state index contributed by atoms with van der Waals surface area (Å²) in [5.41, 5.74) is 6.56. The van der Waals surface area contributed by atoms with Crippen molar-refractivity contribution in [3.8, 4) is 11.4 Å². The fraction of sp³-hybridized carbons (Fsp3) is 0.278. The molecule has 1 aliphatic heterocycles. The van der Waals surface area contributed by atoms with E-state index >= 15 is 0 Å². The first kappa shape index (κ1) is 12.5. The van der Waals surface area contributed by atoms with Crippen molar-refractivity contribution in [2.75, 3.05) is 11.9 Å². The van der Waals surface area contributed by atoms with Gasteiger partial charge < -0.3 is 4.90 Å². The summed E-state index contributed by atoms with van der Waals surface area (Å²) in [6.07, 6.45) is 0.306. The average Bonchev–Trinajstić information content (AvgIpc) is 2.79. The average molecular weight is 278 g/mol. The highest BCUT2D eigenvalue weighted by atomic mass is 15.3. The highest BCUT2D eigenvalue weighted by molar-refractivity contribution is 5.84. The molecular formula is C18H20N3+. The number of aryl methyl sites for hydroxylation is 2. The number of anilines is 1. The monoisotopic (exact) mass is 278 g/mol. The van der Waals surface area contributed by atoms with E-state index in [0.29, 0.717) is 6.17 Å². The van der Waals surface area contributed by atoms with Crippen LogP contribution in [0.2, 0.25) is 0 Å². The van der Waals surface area contributed by atoms with Crippen molar-refractivity contribution in [1.82, 2.24) is 4.57 Å². The van der Waals surface area contributed by atoms with Crippen molar-refractivity contribution < 1.29 is 4.57 Å². The first-order valence-electron chi connectivity index (χ1n) is 7.43. The summed E-state index contributed by atoms with van der Waals surface area (Å²) in [5, 5.41) is 0. The Hall–Kier alpha value is -2.29. The third kappa shape index (κ3) is 1.46. The standard InChI is InChI=1S/C18H20N3/c1-12-8-7-11-16-17(12)18-20(4)14-9-5-6-10-15(14)21(18)13(2)19(16)3/h5-11,13H,1-4H3/q+1. The number of hydrogen-bond acceptors (Lipinski definition) is 1. The molecule has 0 bridgehead atoms. The van der Waals surface area contributed by atoms with Gasteiger partial charge in [-0.3, -0.25) is 0 Å². The van der Waals surface area contributed by atoms with Crippen LogP contribution in [0.1, 0.15) is 18.7 Å². The molecule has 106 valence electrons. The zero-order chi connectivity index (χ0) is 14.7. The van der Waals surface area contributed by atoms with E-state index in [2.05, 4.69) is 84.4 Å². The smallest absolute Gasteiger partial charge is 0.293 e. The maximum Gasteiger partial charge on any atom is 0.293 e. The highest BCUT2D eigenvalue weighted by Gasteiger charge is 2.37. The number of hydrogen-bond donors (Lipinski definition) is 0. The minimum atomic E-state index is 0.306. The molecule has 3 aromatic rings. The van der Waals surface area contributed by atoms with Crippen LogP contribution in [0, 0.1) is 6.92 Å². The zero-order valence-corrected chi connectivity index (χ0v) is 13.0. The Labute approximate surface area is 125 Å². The van der Waals surface area contributed by atoms with E-state index in [9.17, 15) is 0 Å². The van der Waals surface area contributed by atoms with Crippen LogP contribution in [0.3, 0.4) is 0 Å². The van der Waals surface area contributed by atoms with Gasteiger partial charge in [0.25, 0.3) is 5.82 Å². The molecule has 2 aromatic carbocycles. The van der Waals surface area contributed by atoms with Crippen LogP contribution in [0.15, 0.2) is 42.5 Å². The second kappa shape index (κ2) is 4.10. The lowest BCUT2D eigenvalue weighted by molar-refractivity contribution is -0.634. The summed E-state index contributed by atoms with van der Waals surface area (Å²) in [6, 6.07) is 15.2. The molecule has 0 radical (unpaired) electrons. The van der Waals surface area contributed by atoms with E-state index < -0.39 is 0 Å². The number of nitrogens with zero attached hydrogens (tertiary/aromatic N) is 3. The largest absolute Gasteiger partial charge is 0.335 e. The molecule has 0 aliphatic carbocycles. The summed E-state index contributed by atoms with van der Waals surface area (Å²) < 4.78 is 4.77. The Bertz CT molecular complexity index is 860. The van der Waals surface area contributed by atoms with Crippen LogP contribution in [0.25, 0.3) is 22.4 Å². The Morgan fingerprint density at radius 2 is 1.81 bits per heavy atom. The molecule has 21 heavy (non-hydrogen) atoms. The molecular weight excluding hydrogens is 258 g/mol. The predicted molar refractivity (Wildman–Crippen MR) is 86.4 cm³/mol. The molecule has 0 saturated carbocycles. The first-order chi connectivity index (χ1) is 10.1. The van der Waals surface area contributed by atoms with Crippen LogP contribution >= 0.6 is 0 Å². The van der Waals surface area contributed by atoms with Gasteiger partial charge in [0, 0.05) is 7.05 Å². The number of rotatable bonds is 0. The topological polar surface area (TPSA) is 12.0 Å². The normalized spacial score (nSPS) is 17.0. The van der Waals surface area contributed by atoms with Crippen molar-refractivity contribution in [3.05, 3.63) is 48.0 Å². The predicted octanol–water partition coefficient (Wildman–Crippen LogP) is 3.41. The summed E-state index contributed by atoms with van der Waals surface area (Å²) in [4.78, 5) is 2.36. The van der Waals surface area contributed by atoms with Gasteiger partial charge in [-0.2, -0.15) is 0 Å². The van der Waals surface area contributed by atoms with Gasteiger partial charge in [0.1, 0.15) is 0 Å². The fourth-order valence-corrected chi connectivity index (χ4v) is 3.62. The van der Waals surface area contributed by atoms with E-state index in [4.69, 9.17) is 0 Å². The molecule has 1 aromatic heterocycles. The molecule has 0 fully saturated rings. The van der Waals surface area contributed by atoms with Gasteiger partial charge in [0.15, 0.2) is 17.2 Å². The van der Waals surface area contributed by atoms with Crippen molar-refractivity contribution >= 4 is 16.7 Å². The third-order valence-electron chi connectivity index (χ3n) is 4.84. The minimum absolute atomic E-state index is 0.306. The number of benzene rings is 2. The van der Waals surface area contributed by atoms with Crippen LogP contribution in [-0.2, 0) is 7.05 Å². The Kier molecular flexibility index (Phi) is 2.43. The molecule has 1 atom stereocenters. The lowest BCUT2D eigenvalue weighted by atomic mass is 10.0. The lowest BCUT2D eigenvalue weighted by Gasteiger charge is -2.32. The summed E-state index contributed by atoms with van der Waals surface area (Å²) in [5.74, 6) is 1.30. The van der Waals surface area contributed by atoms with Crippen molar-refractivity contribution in [2.24, 2.45) is 7.05 Å². The van der Waals surface area contributed by atoms with E-state index in [1.165, 1.54) is 33.7 Å². The number of aromatic nitrogens is 2. The Morgan fingerprint density at radius 3 is 2.62 bits per heavy atom. The molecule has 2 heterocycles. The van der Waals surface area contributed by atoms with E-state index in [0.717, 1.165) is 0 Å². The van der Waals surface area contributed by atoms with E-state index in [-0.39, 0.29) is 0 Å². The second-order valence-electron chi connectivity index (χ2n) is 5.95. The first-order valence-corrected chi connectivity index (χ1v) is 7.43. The summed E-state index contributed by atoms with van der Waals surface area (Å²) in [6.45, 7) is 4.46. The van der Waals surface area contributed by atoms with Crippen molar-refractivity contribution in [1.29, 1.82) is 0 Å². The van der Waals surface area contributed by atoms with Gasteiger partial charge in [-0.25, -0.2) is 9.13 Å². The molecule has 1 aliphatic rings. The number of fused-ring (bicyclic) bond motifs is 5. The summed E-state index contributed by atoms with van der Waals surface area (Å²) in [7, 11) is 4.35. The Balaban J connectivity index is 2.22. The van der Waals surface area contributed by atoms with Crippen LogP contribution in [0.5, 0.6) is 0 Å². The molecule has 3 nitrogen and oxygen atoms in total. The van der Waals surface area contributed by atoms with Crippen molar-refractivity contribution in [2.45, 2.75) is 20.0 Å². The summed E-state index contributed by atoms with van der Waals surface area (Å²) >= 11 is 0. The lowest BCUT2D eigenvalue weighted by Crippen LogP contribution is -2.37. The van der Waals surface area contributed by atoms with Crippen molar-refractivity contribution in [3.63, 3.8) is 0 Å². The molecule has 0 amide bonds. The molecule has 0 N–H and O–H groups in total. The number of para-hydroxylation sites is 2. The van der Waals surface area contributed by atoms with Gasteiger partial charge in [0.2, 0.25) is 0 Å². The Morgan fingerprint density at radius 1 is 1.05 bits per heavy atom. The molecule has 1 unspecified atom stereocenters. The maximum atomic E-state index is 2.45. The SMILES string of the molecule is Cc1cccc2c1-c1n(c3ccccc3[n+]1C)C(C)N2C. The zero-order valence-electron chi connectivity index (χ0n) is 13.0. The molecule has 0 saturated heterocycles. The van der Waals surface area contributed by atoms with Gasteiger partial charge in [-0.05, 0) is 37.6 Å². The van der Waals surface area contributed by atoms with Gasteiger partial charge in [-0.1, -0.05) is 24.3 Å². The fourth-order valence-electron chi connectivity index (χ4n) is 3.62. The van der Waals surface area contributed by atoms with E-state index in [1.807, 2.05) is 0 Å². The van der Waals surface area contributed by atoms with Gasteiger partial charge in [-0.15, -0.1) is 0 Å². The molecule has 0 spiro atoms. The maximum absolute atomic E-state index is 2.45. The number of imidazole rings is 1. The highest BCUT2D eigenvalue weighted by Crippen LogP contribution is 2.41. The van der Waals surface area contributed by atoms with Crippen LogP contribution in [0.4, 0.5) is 5.69 Å². The molecule has 4 rings (SSSR count). The quantitative estimate of drug-likeness (QED) is 0.574. The minimum Gasteiger partial charge on any atom is -0.335 e. The van der Waals surface area contributed by atoms with Crippen LogP contribution in [-0.4, -0.2) is 11.6 Å².